The fourth-order valence-electron chi connectivity index (χ4n) is 4.12. The summed E-state index contributed by atoms with van der Waals surface area (Å²) < 4.78 is 45.2. The Morgan fingerprint density at radius 3 is 2.37 bits per heavy atom. The number of aryl methyl sites for hydroxylation is 1. The fourth-order valence-corrected chi connectivity index (χ4v) is 4.12. The zero-order chi connectivity index (χ0) is 27.6. The standard InChI is InChI=1S/C25H22F3N5O5/c1-15-29-14-23(33(36)37)31(15)11-12-38-24(35)19-5-3-18(4-6-19)22-13-21(30-32(22)16(2)34)17-7-9-20(10-8-17)25(26,27)28/h3-10,14,22H,11-13H2,1-2H3. The van der Waals surface area contributed by atoms with Gasteiger partial charge in [-0.2, -0.15) is 18.3 Å². The van der Waals surface area contributed by atoms with Crippen molar-refractivity contribution >= 4 is 23.4 Å². The largest absolute Gasteiger partial charge is 0.458 e. The van der Waals surface area contributed by atoms with Crippen LogP contribution in [0.25, 0.3) is 0 Å². The van der Waals surface area contributed by atoms with Gasteiger partial charge in [0, 0.05) is 20.3 Å². The van der Waals surface area contributed by atoms with Gasteiger partial charge in [-0.3, -0.25) is 4.79 Å². The van der Waals surface area contributed by atoms with E-state index in [2.05, 4.69) is 10.1 Å². The molecule has 198 valence electrons. The Bertz CT molecular complexity index is 1400. The van der Waals surface area contributed by atoms with E-state index in [0.29, 0.717) is 22.7 Å². The molecule has 38 heavy (non-hydrogen) atoms. The number of hydrazone groups is 1. The van der Waals surface area contributed by atoms with Crippen molar-refractivity contribution in [3.63, 3.8) is 0 Å². The van der Waals surface area contributed by atoms with E-state index >= 15 is 0 Å². The first-order valence-corrected chi connectivity index (χ1v) is 11.4. The second-order valence-electron chi connectivity index (χ2n) is 8.54. The number of hydrogen-bond acceptors (Lipinski definition) is 7. The second-order valence-corrected chi connectivity index (χ2v) is 8.54. The maximum atomic E-state index is 12.9. The summed E-state index contributed by atoms with van der Waals surface area (Å²) in [5.41, 5.74) is 1.07. The summed E-state index contributed by atoms with van der Waals surface area (Å²) >= 11 is 0. The van der Waals surface area contributed by atoms with Crippen LogP contribution in [0.3, 0.4) is 0 Å². The number of benzene rings is 2. The first-order valence-electron chi connectivity index (χ1n) is 11.4. The smallest absolute Gasteiger partial charge is 0.416 e. The highest BCUT2D eigenvalue weighted by Crippen LogP contribution is 2.34. The molecule has 10 nitrogen and oxygen atoms in total. The summed E-state index contributed by atoms with van der Waals surface area (Å²) in [6.45, 7) is 2.90. The van der Waals surface area contributed by atoms with Crippen LogP contribution in [0.15, 0.2) is 59.8 Å². The Kier molecular flexibility index (Phi) is 7.28. The molecule has 1 atom stereocenters. The molecule has 2 aromatic carbocycles. The summed E-state index contributed by atoms with van der Waals surface area (Å²) in [5.74, 6) is -0.758. The third kappa shape index (κ3) is 5.56. The number of alkyl halides is 3. The number of aromatic nitrogens is 2. The minimum Gasteiger partial charge on any atom is -0.458 e. The molecule has 0 bridgehead atoms. The average Bonchev–Trinajstić information content (AvgIpc) is 3.48. The second kappa shape index (κ2) is 10.4. The van der Waals surface area contributed by atoms with E-state index in [1.807, 2.05) is 0 Å². The number of rotatable bonds is 7. The van der Waals surface area contributed by atoms with Crippen molar-refractivity contribution in [3.05, 3.63) is 92.9 Å². The molecule has 4 rings (SSSR count). The fraction of sp³-hybridized carbons (Fsp3) is 0.280. The van der Waals surface area contributed by atoms with Gasteiger partial charge in [-0.05, 0) is 40.3 Å². The summed E-state index contributed by atoms with van der Waals surface area (Å²) in [6.07, 6.45) is -3.04. The van der Waals surface area contributed by atoms with Crippen molar-refractivity contribution in [2.75, 3.05) is 6.61 Å². The van der Waals surface area contributed by atoms with Gasteiger partial charge in [0.15, 0.2) is 5.82 Å². The van der Waals surface area contributed by atoms with Crippen LogP contribution in [0.2, 0.25) is 0 Å². The molecule has 1 aliphatic rings. The Hall–Kier alpha value is -4.55. The van der Waals surface area contributed by atoms with E-state index in [4.69, 9.17) is 4.74 Å². The molecule has 0 aliphatic carbocycles. The average molecular weight is 529 g/mol. The molecule has 2 heterocycles. The lowest BCUT2D eigenvalue weighted by Gasteiger charge is -2.20. The van der Waals surface area contributed by atoms with Gasteiger partial charge < -0.3 is 14.9 Å². The Morgan fingerprint density at radius 2 is 1.79 bits per heavy atom. The van der Waals surface area contributed by atoms with Crippen LogP contribution < -0.4 is 0 Å². The molecule has 0 radical (unpaired) electrons. The predicted molar refractivity (Wildman–Crippen MR) is 128 cm³/mol. The molecular formula is C25H22F3N5O5. The molecular weight excluding hydrogens is 507 g/mol. The lowest BCUT2D eigenvalue weighted by atomic mass is 9.97. The quantitative estimate of drug-likeness (QED) is 0.249. The predicted octanol–water partition coefficient (Wildman–Crippen LogP) is 4.67. The summed E-state index contributed by atoms with van der Waals surface area (Å²) in [6, 6.07) is 10.4. The van der Waals surface area contributed by atoms with Gasteiger partial charge >= 0.3 is 18.0 Å². The maximum Gasteiger partial charge on any atom is 0.416 e. The number of hydrogen-bond donors (Lipinski definition) is 0. The zero-order valence-electron chi connectivity index (χ0n) is 20.3. The van der Waals surface area contributed by atoms with Gasteiger partial charge in [-0.1, -0.05) is 24.3 Å². The van der Waals surface area contributed by atoms with Crippen LogP contribution in [0, 0.1) is 17.0 Å². The van der Waals surface area contributed by atoms with Gasteiger partial charge in [0.2, 0.25) is 5.91 Å². The number of imidazole rings is 1. The van der Waals surface area contributed by atoms with Crippen LogP contribution in [0.5, 0.6) is 0 Å². The van der Waals surface area contributed by atoms with Crippen molar-refractivity contribution in [1.29, 1.82) is 0 Å². The van der Waals surface area contributed by atoms with Gasteiger partial charge in [0.25, 0.3) is 0 Å². The molecule has 1 aromatic heterocycles. The van der Waals surface area contributed by atoms with Crippen molar-refractivity contribution < 1.29 is 32.4 Å². The molecule has 1 aliphatic heterocycles. The number of amides is 1. The van der Waals surface area contributed by atoms with Crippen LogP contribution >= 0.6 is 0 Å². The van der Waals surface area contributed by atoms with Crippen molar-refractivity contribution in [2.45, 2.75) is 39.0 Å². The van der Waals surface area contributed by atoms with Crippen molar-refractivity contribution in [3.8, 4) is 0 Å². The molecule has 0 N–H and O–H groups in total. The molecule has 0 saturated carbocycles. The normalized spacial score (nSPS) is 15.3. The van der Waals surface area contributed by atoms with Gasteiger partial charge in [-0.25, -0.2) is 19.4 Å². The molecule has 0 fully saturated rings. The monoisotopic (exact) mass is 529 g/mol. The SMILES string of the molecule is CC(=O)N1N=C(c2ccc(C(F)(F)F)cc2)CC1c1ccc(C(=O)OCCn2c([N+](=O)[O-])cnc2C)cc1. The number of ether oxygens (including phenoxy) is 1. The molecule has 0 saturated heterocycles. The highest BCUT2D eigenvalue weighted by atomic mass is 19.4. The lowest BCUT2D eigenvalue weighted by molar-refractivity contribution is -0.392. The first-order chi connectivity index (χ1) is 18.0. The van der Waals surface area contributed by atoms with Crippen LogP contribution in [-0.4, -0.2) is 43.7 Å². The van der Waals surface area contributed by atoms with Gasteiger partial charge in [-0.15, -0.1) is 0 Å². The third-order valence-electron chi connectivity index (χ3n) is 6.08. The Balaban J connectivity index is 1.42. The van der Waals surface area contributed by atoms with E-state index in [0.717, 1.165) is 18.3 Å². The lowest BCUT2D eigenvalue weighted by Crippen LogP contribution is -2.24. The molecule has 0 spiro atoms. The van der Waals surface area contributed by atoms with E-state index in [1.165, 1.54) is 40.8 Å². The van der Waals surface area contributed by atoms with E-state index in [1.54, 1.807) is 19.1 Å². The zero-order valence-corrected chi connectivity index (χ0v) is 20.3. The number of esters is 1. The van der Waals surface area contributed by atoms with Crippen molar-refractivity contribution in [2.24, 2.45) is 5.10 Å². The number of nitrogens with zero attached hydrogens (tertiary/aromatic N) is 5. The van der Waals surface area contributed by atoms with Gasteiger partial charge in [0.1, 0.15) is 19.3 Å². The minimum atomic E-state index is -4.46. The third-order valence-corrected chi connectivity index (χ3v) is 6.08. The number of halogens is 3. The first kappa shape index (κ1) is 26.5. The molecule has 3 aromatic rings. The Labute approximate surface area is 214 Å². The van der Waals surface area contributed by atoms with Crippen LogP contribution in [-0.2, 0) is 22.3 Å². The Morgan fingerprint density at radius 1 is 1.13 bits per heavy atom. The maximum absolute atomic E-state index is 12.9. The van der Waals surface area contributed by atoms with Crippen molar-refractivity contribution in [1.82, 2.24) is 14.6 Å². The summed E-state index contributed by atoms with van der Waals surface area (Å²) in [7, 11) is 0. The van der Waals surface area contributed by atoms with E-state index < -0.39 is 28.7 Å². The van der Waals surface area contributed by atoms with E-state index in [-0.39, 0.29) is 36.9 Å². The number of carbonyl (C=O) groups is 2. The summed E-state index contributed by atoms with van der Waals surface area (Å²) in [5, 5.41) is 16.7. The van der Waals surface area contributed by atoms with Crippen LogP contribution in [0.1, 0.15) is 52.3 Å². The topological polar surface area (TPSA) is 120 Å². The highest BCUT2D eigenvalue weighted by molar-refractivity contribution is 6.03. The van der Waals surface area contributed by atoms with E-state index in [9.17, 15) is 32.9 Å². The van der Waals surface area contributed by atoms with Crippen LogP contribution in [0.4, 0.5) is 19.0 Å². The minimum absolute atomic E-state index is 0.0612. The molecule has 1 amide bonds. The highest BCUT2D eigenvalue weighted by Gasteiger charge is 2.33. The molecule has 13 heteroatoms. The summed E-state index contributed by atoms with van der Waals surface area (Å²) in [4.78, 5) is 39.1. The number of nitro groups is 1. The van der Waals surface area contributed by atoms with Gasteiger partial charge in [0.05, 0.1) is 22.9 Å². The number of carbonyl (C=O) groups excluding carboxylic acids is 2. The molecule has 1 unspecified atom stereocenters.